The zero-order valence-corrected chi connectivity index (χ0v) is 11.7. The molecule has 3 N–H and O–H groups in total. The average Bonchev–Trinajstić information content (AvgIpc) is 2.75. The van der Waals surface area contributed by atoms with E-state index in [4.69, 9.17) is 5.73 Å². The molecule has 0 saturated heterocycles. The van der Waals surface area contributed by atoms with Crippen LogP contribution in [0, 0.1) is 5.41 Å². The molecule has 0 bridgehead atoms. The summed E-state index contributed by atoms with van der Waals surface area (Å²) in [7, 11) is 0. The van der Waals surface area contributed by atoms with Crippen LogP contribution in [-0.2, 0) is 0 Å². The highest BCUT2D eigenvalue weighted by Gasteiger charge is 2.18. The molecule has 17 heavy (non-hydrogen) atoms. The van der Waals surface area contributed by atoms with Crippen LogP contribution in [0.3, 0.4) is 0 Å². The van der Waals surface area contributed by atoms with Crippen molar-refractivity contribution in [1.29, 1.82) is 0 Å². The second kappa shape index (κ2) is 5.60. The molecule has 1 aromatic heterocycles. The van der Waals surface area contributed by atoms with Gasteiger partial charge < -0.3 is 11.1 Å². The lowest BCUT2D eigenvalue weighted by Gasteiger charge is -2.22. The molecule has 0 fully saturated rings. The lowest BCUT2D eigenvalue weighted by molar-refractivity contribution is 0.0931. The summed E-state index contributed by atoms with van der Waals surface area (Å²) in [6.45, 7) is 8.89. The van der Waals surface area contributed by atoms with E-state index < -0.39 is 0 Å². The molecule has 0 aliphatic rings. The molecule has 5 heteroatoms. The minimum Gasteiger partial charge on any atom is -0.350 e. The first kappa shape index (κ1) is 14.1. The summed E-state index contributed by atoms with van der Waals surface area (Å²) in [6.07, 6.45) is 1.02. The number of nitrogens with one attached hydrogen (secondary N) is 1. The maximum absolute atomic E-state index is 11.8. The zero-order chi connectivity index (χ0) is 13.1. The van der Waals surface area contributed by atoms with Gasteiger partial charge in [0.2, 0.25) is 0 Å². The van der Waals surface area contributed by atoms with Crippen LogP contribution >= 0.6 is 11.3 Å². The summed E-state index contributed by atoms with van der Waals surface area (Å²) in [5.74, 6) is -0.116. The highest BCUT2D eigenvalue weighted by molar-refractivity contribution is 7.09. The van der Waals surface area contributed by atoms with E-state index in [2.05, 4.69) is 31.1 Å². The van der Waals surface area contributed by atoms with Crippen molar-refractivity contribution in [1.82, 2.24) is 10.3 Å². The van der Waals surface area contributed by atoms with Crippen LogP contribution in [0.2, 0.25) is 0 Å². The average molecular weight is 255 g/mol. The van der Waals surface area contributed by atoms with Crippen molar-refractivity contribution in [2.45, 2.75) is 40.2 Å². The molecule has 1 aromatic rings. The van der Waals surface area contributed by atoms with E-state index in [-0.39, 0.29) is 17.4 Å². The lowest BCUT2D eigenvalue weighted by atomic mass is 9.90. The van der Waals surface area contributed by atoms with Gasteiger partial charge in [0.25, 0.3) is 5.91 Å². The summed E-state index contributed by atoms with van der Waals surface area (Å²) < 4.78 is 0. The number of hydrogen-bond donors (Lipinski definition) is 2. The second-order valence-electron chi connectivity index (χ2n) is 5.06. The Labute approximate surface area is 107 Å². The Bertz CT molecular complexity index is 385. The van der Waals surface area contributed by atoms with E-state index in [9.17, 15) is 4.79 Å². The van der Waals surface area contributed by atoms with Crippen LogP contribution in [-0.4, -0.2) is 17.4 Å². The first-order valence-corrected chi connectivity index (χ1v) is 6.73. The molecule has 0 saturated carbocycles. The maximum atomic E-state index is 11.8. The predicted molar refractivity (Wildman–Crippen MR) is 71.1 cm³/mol. The molecule has 0 aromatic carbocycles. The van der Waals surface area contributed by atoms with Crippen LogP contribution in [0.25, 0.3) is 0 Å². The van der Waals surface area contributed by atoms with Crippen molar-refractivity contribution in [2.24, 2.45) is 11.1 Å². The number of thiazole rings is 1. The summed E-state index contributed by atoms with van der Waals surface area (Å²) in [5.41, 5.74) is 6.30. The number of rotatable bonds is 5. The molecule has 1 rings (SSSR count). The van der Waals surface area contributed by atoms with Crippen LogP contribution in [0.4, 0.5) is 0 Å². The number of nitrogens with two attached hydrogens (primary N) is 1. The molecule has 1 amide bonds. The zero-order valence-electron chi connectivity index (χ0n) is 10.9. The van der Waals surface area contributed by atoms with Crippen molar-refractivity contribution >= 4 is 17.2 Å². The van der Waals surface area contributed by atoms with Crippen LogP contribution in [0.5, 0.6) is 0 Å². The van der Waals surface area contributed by atoms with Crippen LogP contribution in [0.15, 0.2) is 5.38 Å². The van der Waals surface area contributed by atoms with Crippen LogP contribution in [0.1, 0.15) is 55.7 Å². The van der Waals surface area contributed by atoms with E-state index in [1.807, 2.05) is 6.92 Å². The van der Waals surface area contributed by atoms with Gasteiger partial charge in [-0.2, -0.15) is 0 Å². The summed E-state index contributed by atoms with van der Waals surface area (Å²) in [4.78, 5) is 16.1. The molecule has 1 heterocycles. The Morgan fingerprint density at radius 3 is 2.76 bits per heavy atom. The first-order valence-electron chi connectivity index (χ1n) is 5.85. The topological polar surface area (TPSA) is 68.0 Å². The minimum atomic E-state index is -0.117. The first-order chi connectivity index (χ1) is 7.85. The van der Waals surface area contributed by atoms with Gasteiger partial charge in [0, 0.05) is 11.9 Å². The largest absolute Gasteiger partial charge is 0.350 e. The van der Waals surface area contributed by atoms with Crippen molar-refractivity contribution in [2.75, 3.05) is 6.54 Å². The van der Waals surface area contributed by atoms with Crippen molar-refractivity contribution in [3.63, 3.8) is 0 Å². The highest BCUT2D eigenvalue weighted by Crippen LogP contribution is 2.19. The smallest absolute Gasteiger partial charge is 0.270 e. The molecular formula is C12H21N3OS. The van der Waals surface area contributed by atoms with E-state index in [1.54, 1.807) is 5.38 Å². The van der Waals surface area contributed by atoms with Gasteiger partial charge in [-0.05, 0) is 18.8 Å². The van der Waals surface area contributed by atoms with Crippen molar-refractivity contribution < 1.29 is 4.79 Å². The SMILES string of the molecule is CCC(C)(C)CNC(=O)c1csc(C(C)N)n1. The molecular weight excluding hydrogens is 234 g/mol. The van der Waals surface area contributed by atoms with Crippen molar-refractivity contribution in [3.05, 3.63) is 16.1 Å². The lowest BCUT2D eigenvalue weighted by Crippen LogP contribution is -2.33. The highest BCUT2D eigenvalue weighted by atomic mass is 32.1. The number of amides is 1. The van der Waals surface area contributed by atoms with E-state index in [1.165, 1.54) is 11.3 Å². The molecule has 4 nitrogen and oxygen atoms in total. The monoisotopic (exact) mass is 255 g/mol. The number of aromatic nitrogens is 1. The van der Waals surface area contributed by atoms with E-state index in [0.29, 0.717) is 12.2 Å². The Morgan fingerprint density at radius 1 is 1.65 bits per heavy atom. The Hall–Kier alpha value is -0.940. The summed E-state index contributed by atoms with van der Waals surface area (Å²) >= 11 is 1.43. The summed E-state index contributed by atoms with van der Waals surface area (Å²) in [6, 6.07) is -0.117. The maximum Gasteiger partial charge on any atom is 0.270 e. The molecule has 96 valence electrons. The number of carbonyl (C=O) groups is 1. The molecule has 0 radical (unpaired) electrons. The fourth-order valence-electron chi connectivity index (χ4n) is 1.14. The predicted octanol–water partition coefficient (Wildman–Crippen LogP) is 2.33. The van der Waals surface area contributed by atoms with E-state index >= 15 is 0 Å². The van der Waals surface area contributed by atoms with Gasteiger partial charge in [0.15, 0.2) is 0 Å². The quantitative estimate of drug-likeness (QED) is 0.848. The number of nitrogens with zero attached hydrogens (tertiary/aromatic N) is 1. The Kier molecular flexibility index (Phi) is 4.65. The second-order valence-corrected chi connectivity index (χ2v) is 5.95. The molecule has 0 aliphatic heterocycles. The third-order valence-corrected chi connectivity index (χ3v) is 3.87. The number of carbonyl (C=O) groups excluding carboxylic acids is 1. The van der Waals surface area contributed by atoms with Crippen LogP contribution < -0.4 is 11.1 Å². The molecule has 0 aliphatic carbocycles. The molecule has 0 spiro atoms. The normalized spacial score (nSPS) is 13.5. The Balaban J connectivity index is 2.58. The van der Waals surface area contributed by atoms with E-state index in [0.717, 1.165) is 11.4 Å². The number of hydrogen-bond acceptors (Lipinski definition) is 4. The molecule has 1 unspecified atom stereocenters. The fourth-order valence-corrected chi connectivity index (χ4v) is 1.89. The minimum absolute atomic E-state index is 0.116. The van der Waals surface area contributed by atoms with Gasteiger partial charge in [-0.3, -0.25) is 4.79 Å². The van der Waals surface area contributed by atoms with Gasteiger partial charge in [0.1, 0.15) is 10.7 Å². The Morgan fingerprint density at radius 2 is 2.29 bits per heavy atom. The summed E-state index contributed by atoms with van der Waals surface area (Å²) in [5, 5.41) is 5.46. The fraction of sp³-hybridized carbons (Fsp3) is 0.667. The van der Waals surface area contributed by atoms with Gasteiger partial charge in [-0.25, -0.2) is 4.98 Å². The van der Waals surface area contributed by atoms with Gasteiger partial charge >= 0.3 is 0 Å². The third kappa shape index (κ3) is 4.09. The van der Waals surface area contributed by atoms with Crippen molar-refractivity contribution in [3.8, 4) is 0 Å². The third-order valence-electron chi connectivity index (χ3n) is 2.83. The van der Waals surface area contributed by atoms with Gasteiger partial charge in [-0.15, -0.1) is 11.3 Å². The molecule has 1 atom stereocenters. The van der Waals surface area contributed by atoms with Gasteiger partial charge in [-0.1, -0.05) is 20.8 Å². The standard InChI is InChI=1S/C12H21N3OS/c1-5-12(3,4)7-14-10(16)9-6-17-11(15-9)8(2)13/h6,8H,5,7,13H2,1-4H3,(H,14,16). The van der Waals surface area contributed by atoms with Gasteiger partial charge in [0.05, 0.1) is 6.04 Å².